The predicted molar refractivity (Wildman–Crippen MR) is 89.1 cm³/mol. The SMILES string of the molecule is O=C(Nc1cc(Cl)ccc1Cl)c1cccc(C(=O)NC2CC2)n1. The molecule has 2 amide bonds. The number of halogens is 2. The molecule has 0 unspecified atom stereocenters. The highest BCUT2D eigenvalue weighted by Gasteiger charge is 2.24. The summed E-state index contributed by atoms with van der Waals surface area (Å²) in [5.41, 5.74) is 0.727. The van der Waals surface area contributed by atoms with Gasteiger partial charge in [-0.05, 0) is 43.2 Å². The maximum atomic E-state index is 12.3. The van der Waals surface area contributed by atoms with Gasteiger partial charge in [0.2, 0.25) is 0 Å². The molecule has 1 aromatic carbocycles. The number of pyridine rings is 1. The van der Waals surface area contributed by atoms with Crippen LogP contribution < -0.4 is 10.6 Å². The summed E-state index contributed by atoms with van der Waals surface area (Å²) in [4.78, 5) is 28.4. The molecule has 1 aliphatic rings. The first-order valence-electron chi connectivity index (χ1n) is 7.07. The minimum absolute atomic E-state index is 0.129. The molecule has 2 N–H and O–H groups in total. The molecular weight excluding hydrogens is 337 g/mol. The predicted octanol–water partition coefficient (Wildman–Crippen LogP) is 3.53. The molecule has 0 atom stereocenters. The van der Waals surface area contributed by atoms with Crippen molar-refractivity contribution in [3.05, 3.63) is 57.8 Å². The van der Waals surface area contributed by atoms with Gasteiger partial charge >= 0.3 is 0 Å². The number of carbonyl (C=O) groups excluding carboxylic acids is 2. The van der Waals surface area contributed by atoms with E-state index >= 15 is 0 Å². The van der Waals surface area contributed by atoms with E-state index in [1.165, 1.54) is 6.07 Å². The molecule has 3 rings (SSSR count). The van der Waals surface area contributed by atoms with Gasteiger partial charge in [0.15, 0.2) is 0 Å². The third-order valence-corrected chi connectivity index (χ3v) is 3.87. The molecule has 1 heterocycles. The maximum Gasteiger partial charge on any atom is 0.274 e. The van der Waals surface area contributed by atoms with Gasteiger partial charge in [-0.2, -0.15) is 0 Å². The number of anilines is 1. The average molecular weight is 350 g/mol. The number of nitrogens with zero attached hydrogens (tertiary/aromatic N) is 1. The van der Waals surface area contributed by atoms with E-state index in [2.05, 4.69) is 15.6 Å². The molecule has 1 fully saturated rings. The van der Waals surface area contributed by atoms with Crippen molar-refractivity contribution in [2.75, 3.05) is 5.32 Å². The molecule has 118 valence electrons. The van der Waals surface area contributed by atoms with Crippen molar-refractivity contribution in [3.63, 3.8) is 0 Å². The molecule has 1 aromatic heterocycles. The van der Waals surface area contributed by atoms with Crippen LogP contribution in [0, 0.1) is 0 Å². The van der Waals surface area contributed by atoms with E-state index in [9.17, 15) is 9.59 Å². The summed E-state index contributed by atoms with van der Waals surface area (Å²) in [7, 11) is 0. The Hall–Kier alpha value is -2.11. The third-order valence-electron chi connectivity index (χ3n) is 3.30. The summed E-state index contributed by atoms with van der Waals surface area (Å²) in [6, 6.07) is 9.71. The Labute approximate surface area is 143 Å². The maximum absolute atomic E-state index is 12.3. The Morgan fingerprint density at radius 2 is 1.74 bits per heavy atom. The lowest BCUT2D eigenvalue weighted by atomic mass is 10.2. The van der Waals surface area contributed by atoms with Crippen LogP contribution in [0.5, 0.6) is 0 Å². The van der Waals surface area contributed by atoms with Crippen LogP contribution in [-0.2, 0) is 0 Å². The number of rotatable bonds is 4. The van der Waals surface area contributed by atoms with Crippen molar-refractivity contribution >= 4 is 40.7 Å². The van der Waals surface area contributed by atoms with Gasteiger partial charge in [0, 0.05) is 11.1 Å². The van der Waals surface area contributed by atoms with Crippen LogP contribution in [0.25, 0.3) is 0 Å². The summed E-state index contributed by atoms with van der Waals surface area (Å²) in [6.45, 7) is 0. The summed E-state index contributed by atoms with van der Waals surface area (Å²) in [6.07, 6.45) is 1.97. The van der Waals surface area contributed by atoms with E-state index in [-0.39, 0.29) is 23.3 Å². The van der Waals surface area contributed by atoms with Crippen LogP contribution >= 0.6 is 23.2 Å². The van der Waals surface area contributed by atoms with E-state index < -0.39 is 5.91 Å². The minimum atomic E-state index is -0.463. The third kappa shape index (κ3) is 4.00. The summed E-state index contributed by atoms with van der Waals surface area (Å²) in [5, 5.41) is 6.29. The highest BCUT2D eigenvalue weighted by atomic mass is 35.5. The Morgan fingerprint density at radius 3 is 2.43 bits per heavy atom. The molecule has 0 radical (unpaired) electrons. The fraction of sp³-hybridized carbons (Fsp3) is 0.188. The molecular formula is C16H13Cl2N3O2. The van der Waals surface area contributed by atoms with Crippen LogP contribution in [0.15, 0.2) is 36.4 Å². The topological polar surface area (TPSA) is 71.1 Å². The molecule has 0 spiro atoms. The second-order valence-corrected chi connectivity index (χ2v) is 6.08. The van der Waals surface area contributed by atoms with Gasteiger partial charge in [-0.15, -0.1) is 0 Å². The van der Waals surface area contributed by atoms with Gasteiger partial charge in [0.05, 0.1) is 10.7 Å². The first-order valence-corrected chi connectivity index (χ1v) is 7.83. The Balaban J connectivity index is 1.76. The van der Waals surface area contributed by atoms with Crippen molar-refractivity contribution < 1.29 is 9.59 Å². The largest absolute Gasteiger partial charge is 0.348 e. The van der Waals surface area contributed by atoms with Crippen LogP contribution in [-0.4, -0.2) is 22.8 Å². The van der Waals surface area contributed by atoms with E-state index in [0.29, 0.717) is 15.7 Å². The van der Waals surface area contributed by atoms with Gasteiger partial charge in [-0.3, -0.25) is 9.59 Å². The Morgan fingerprint density at radius 1 is 1.04 bits per heavy atom. The Bertz CT molecular complexity index is 776. The van der Waals surface area contributed by atoms with E-state index in [1.54, 1.807) is 30.3 Å². The molecule has 0 aliphatic heterocycles. The van der Waals surface area contributed by atoms with E-state index in [0.717, 1.165) is 12.8 Å². The summed E-state index contributed by atoms with van der Waals surface area (Å²) < 4.78 is 0. The monoisotopic (exact) mass is 349 g/mol. The molecule has 1 saturated carbocycles. The summed E-state index contributed by atoms with van der Waals surface area (Å²) in [5.74, 6) is -0.738. The second-order valence-electron chi connectivity index (χ2n) is 5.23. The average Bonchev–Trinajstić information content (AvgIpc) is 3.35. The van der Waals surface area contributed by atoms with Crippen molar-refractivity contribution in [3.8, 4) is 0 Å². The number of amides is 2. The van der Waals surface area contributed by atoms with Gasteiger partial charge in [0.25, 0.3) is 11.8 Å². The summed E-state index contributed by atoms with van der Waals surface area (Å²) >= 11 is 11.9. The van der Waals surface area contributed by atoms with Gasteiger partial charge in [0.1, 0.15) is 11.4 Å². The zero-order chi connectivity index (χ0) is 16.4. The minimum Gasteiger partial charge on any atom is -0.348 e. The number of nitrogens with one attached hydrogen (secondary N) is 2. The first-order chi connectivity index (χ1) is 11.0. The molecule has 23 heavy (non-hydrogen) atoms. The fourth-order valence-corrected chi connectivity index (χ4v) is 2.29. The molecule has 1 aliphatic carbocycles. The molecule has 0 saturated heterocycles. The van der Waals surface area contributed by atoms with Crippen LogP contribution in [0.4, 0.5) is 5.69 Å². The smallest absolute Gasteiger partial charge is 0.274 e. The van der Waals surface area contributed by atoms with Crippen molar-refractivity contribution in [1.82, 2.24) is 10.3 Å². The number of carbonyl (C=O) groups is 2. The van der Waals surface area contributed by atoms with Crippen molar-refractivity contribution in [2.45, 2.75) is 18.9 Å². The van der Waals surface area contributed by atoms with Gasteiger partial charge in [-0.25, -0.2) is 4.98 Å². The van der Waals surface area contributed by atoms with E-state index in [1.807, 2.05) is 0 Å². The lowest BCUT2D eigenvalue weighted by molar-refractivity contribution is 0.0946. The van der Waals surface area contributed by atoms with Gasteiger partial charge < -0.3 is 10.6 Å². The zero-order valence-corrected chi connectivity index (χ0v) is 13.5. The zero-order valence-electron chi connectivity index (χ0n) is 12.0. The second kappa shape index (κ2) is 6.56. The standard InChI is InChI=1S/C16H13Cl2N3O2/c17-9-4-7-11(18)14(8-9)21-16(23)13-3-1-2-12(20-13)15(22)19-10-5-6-10/h1-4,7-8,10H,5-6H2,(H,19,22)(H,21,23). The van der Waals surface area contributed by atoms with Crippen molar-refractivity contribution in [1.29, 1.82) is 0 Å². The van der Waals surface area contributed by atoms with Crippen LogP contribution in [0.3, 0.4) is 0 Å². The fourth-order valence-electron chi connectivity index (χ4n) is 1.95. The van der Waals surface area contributed by atoms with Crippen molar-refractivity contribution in [2.24, 2.45) is 0 Å². The molecule has 5 nitrogen and oxygen atoms in total. The number of hydrogen-bond acceptors (Lipinski definition) is 3. The number of hydrogen-bond donors (Lipinski definition) is 2. The molecule has 7 heteroatoms. The highest BCUT2D eigenvalue weighted by molar-refractivity contribution is 6.35. The van der Waals surface area contributed by atoms with E-state index in [4.69, 9.17) is 23.2 Å². The molecule has 2 aromatic rings. The van der Waals surface area contributed by atoms with Crippen LogP contribution in [0.1, 0.15) is 33.8 Å². The number of aromatic nitrogens is 1. The highest BCUT2D eigenvalue weighted by Crippen LogP contribution is 2.25. The Kier molecular flexibility index (Phi) is 4.50. The first kappa shape index (κ1) is 15.8. The van der Waals surface area contributed by atoms with Crippen LogP contribution in [0.2, 0.25) is 10.0 Å². The number of benzene rings is 1. The quantitative estimate of drug-likeness (QED) is 0.886. The lowest BCUT2D eigenvalue weighted by Crippen LogP contribution is -2.27. The van der Waals surface area contributed by atoms with Gasteiger partial charge in [-0.1, -0.05) is 29.3 Å². The normalized spacial score (nSPS) is 13.5. The lowest BCUT2D eigenvalue weighted by Gasteiger charge is -2.08. The molecule has 0 bridgehead atoms.